The second kappa shape index (κ2) is 8.79. The maximum atomic E-state index is 12.1. The summed E-state index contributed by atoms with van der Waals surface area (Å²) in [6.07, 6.45) is 0.255. The van der Waals surface area contributed by atoms with Gasteiger partial charge in [0.1, 0.15) is 12.7 Å². The molecule has 0 N–H and O–H groups in total. The minimum Gasteiger partial charge on any atom is -0.463 e. The van der Waals surface area contributed by atoms with Gasteiger partial charge in [-0.25, -0.2) is 0 Å². The smallest absolute Gasteiger partial charge is 0.310 e. The van der Waals surface area contributed by atoms with E-state index in [9.17, 15) is 4.79 Å². The number of carbonyl (C=O) groups excluding carboxylic acids is 1. The van der Waals surface area contributed by atoms with Gasteiger partial charge < -0.3 is 9.47 Å². The van der Waals surface area contributed by atoms with Crippen LogP contribution in [0.1, 0.15) is 16.7 Å². The van der Waals surface area contributed by atoms with Crippen molar-refractivity contribution < 1.29 is 14.3 Å². The Kier molecular flexibility index (Phi) is 6.20. The van der Waals surface area contributed by atoms with Crippen LogP contribution in [-0.4, -0.2) is 43.3 Å². The maximum Gasteiger partial charge on any atom is 0.310 e. The van der Waals surface area contributed by atoms with Gasteiger partial charge in [-0.2, -0.15) is 0 Å². The van der Waals surface area contributed by atoms with E-state index in [0.29, 0.717) is 19.6 Å². The molecule has 0 aromatic heterocycles. The standard InChI is InChI=1S/C21H25NO3/c1-17-7-5-6-10-19(17)13-21(23)25-16-20-15-22(11-12-24-20)14-18-8-3-2-4-9-18/h2-10,20H,11-16H2,1H3. The fourth-order valence-corrected chi connectivity index (χ4v) is 3.07. The van der Waals surface area contributed by atoms with Crippen LogP contribution in [0.3, 0.4) is 0 Å². The highest BCUT2D eigenvalue weighted by Gasteiger charge is 2.22. The lowest BCUT2D eigenvalue weighted by molar-refractivity contribution is -0.149. The molecule has 0 aliphatic carbocycles. The van der Waals surface area contributed by atoms with Crippen molar-refractivity contribution in [3.05, 3.63) is 71.3 Å². The number of esters is 1. The Morgan fingerprint density at radius 3 is 2.72 bits per heavy atom. The highest BCUT2D eigenvalue weighted by molar-refractivity contribution is 5.73. The Labute approximate surface area is 149 Å². The Morgan fingerprint density at radius 2 is 1.92 bits per heavy atom. The molecule has 0 saturated carbocycles. The molecule has 2 aromatic carbocycles. The van der Waals surface area contributed by atoms with Crippen molar-refractivity contribution in [1.82, 2.24) is 4.90 Å². The molecule has 1 atom stereocenters. The lowest BCUT2D eigenvalue weighted by Gasteiger charge is -2.32. The Hall–Kier alpha value is -2.17. The summed E-state index contributed by atoms with van der Waals surface area (Å²) in [5.74, 6) is -0.196. The molecule has 0 bridgehead atoms. The van der Waals surface area contributed by atoms with Gasteiger partial charge in [0.05, 0.1) is 13.0 Å². The molecule has 0 radical (unpaired) electrons. The van der Waals surface area contributed by atoms with E-state index >= 15 is 0 Å². The molecule has 1 aliphatic rings. The zero-order valence-corrected chi connectivity index (χ0v) is 14.7. The number of rotatable bonds is 6. The van der Waals surface area contributed by atoms with E-state index in [1.54, 1.807) is 0 Å². The molecule has 1 aliphatic heterocycles. The van der Waals surface area contributed by atoms with Crippen molar-refractivity contribution in [1.29, 1.82) is 0 Å². The van der Waals surface area contributed by atoms with E-state index in [2.05, 4.69) is 29.2 Å². The average Bonchev–Trinajstić information content (AvgIpc) is 2.63. The highest BCUT2D eigenvalue weighted by atomic mass is 16.6. The maximum absolute atomic E-state index is 12.1. The molecule has 3 rings (SSSR count). The molecule has 4 nitrogen and oxygen atoms in total. The molecule has 4 heteroatoms. The number of ether oxygens (including phenoxy) is 2. The van der Waals surface area contributed by atoms with E-state index in [-0.39, 0.29) is 12.1 Å². The van der Waals surface area contributed by atoms with Crippen LogP contribution >= 0.6 is 0 Å². The van der Waals surface area contributed by atoms with Crippen molar-refractivity contribution in [2.45, 2.75) is 26.0 Å². The van der Waals surface area contributed by atoms with Crippen LogP contribution in [0.25, 0.3) is 0 Å². The zero-order valence-electron chi connectivity index (χ0n) is 14.7. The normalized spacial score (nSPS) is 18.0. The van der Waals surface area contributed by atoms with E-state index < -0.39 is 0 Å². The first-order valence-corrected chi connectivity index (χ1v) is 8.79. The van der Waals surface area contributed by atoms with E-state index in [4.69, 9.17) is 9.47 Å². The predicted molar refractivity (Wildman–Crippen MR) is 97.3 cm³/mol. The fraction of sp³-hybridized carbons (Fsp3) is 0.381. The first kappa shape index (κ1) is 17.6. The lowest BCUT2D eigenvalue weighted by Crippen LogP contribution is -2.44. The summed E-state index contributed by atoms with van der Waals surface area (Å²) in [7, 11) is 0. The van der Waals surface area contributed by atoms with Crippen LogP contribution in [-0.2, 0) is 27.2 Å². The second-order valence-electron chi connectivity index (χ2n) is 6.50. The van der Waals surface area contributed by atoms with Crippen molar-refractivity contribution in [2.75, 3.05) is 26.3 Å². The molecular weight excluding hydrogens is 314 g/mol. The number of nitrogens with zero attached hydrogens (tertiary/aromatic N) is 1. The van der Waals surface area contributed by atoms with Crippen molar-refractivity contribution in [3.8, 4) is 0 Å². The fourth-order valence-electron chi connectivity index (χ4n) is 3.07. The van der Waals surface area contributed by atoms with E-state index in [1.807, 2.05) is 37.3 Å². The van der Waals surface area contributed by atoms with Gasteiger partial charge in [0.15, 0.2) is 0 Å². The minimum atomic E-state index is -0.196. The number of hydrogen-bond acceptors (Lipinski definition) is 4. The monoisotopic (exact) mass is 339 g/mol. The lowest BCUT2D eigenvalue weighted by atomic mass is 10.1. The molecule has 1 unspecified atom stereocenters. The van der Waals surface area contributed by atoms with Gasteiger partial charge in [-0.3, -0.25) is 9.69 Å². The van der Waals surface area contributed by atoms with Crippen LogP contribution in [0.5, 0.6) is 0 Å². The molecule has 132 valence electrons. The summed E-state index contributed by atoms with van der Waals surface area (Å²) in [6.45, 7) is 5.59. The van der Waals surface area contributed by atoms with Crippen molar-refractivity contribution >= 4 is 5.97 Å². The molecule has 1 fully saturated rings. The van der Waals surface area contributed by atoms with Gasteiger partial charge >= 0.3 is 5.97 Å². The predicted octanol–water partition coefficient (Wildman–Crippen LogP) is 2.98. The Balaban J connectivity index is 1.45. The number of aryl methyl sites for hydroxylation is 1. The Bertz CT molecular complexity index is 687. The number of carbonyl (C=O) groups is 1. The minimum absolute atomic E-state index is 0.0571. The van der Waals surface area contributed by atoms with Crippen LogP contribution in [0.15, 0.2) is 54.6 Å². The molecule has 25 heavy (non-hydrogen) atoms. The van der Waals surface area contributed by atoms with Gasteiger partial charge in [-0.05, 0) is 23.6 Å². The second-order valence-corrected chi connectivity index (χ2v) is 6.50. The van der Waals surface area contributed by atoms with Gasteiger partial charge in [0.25, 0.3) is 0 Å². The first-order chi connectivity index (χ1) is 12.2. The molecule has 2 aromatic rings. The topological polar surface area (TPSA) is 38.8 Å². The summed E-state index contributed by atoms with van der Waals surface area (Å²) < 4.78 is 11.2. The van der Waals surface area contributed by atoms with Crippen LogP contribution < -0.4 is 0 Å². The molecule has 1 saturated heterocycles. The van der Waals surface area contributed by atoms with E-state index in [0.717, 1.165) is 30.8 Å². The zero-order chi connectivity index (χ0) is 17.5. The largest absolute Gasteiger partial charge is 0.463 e. The quantitative estimate of drug-likeness (QED) is 0.759. The Morgan fingerprint density at radius 1 is 1.16 bits per heavy atom. The third kappa shape index (κ3) is 5.41. The van der Waals surface area contributed by atoms with Crippen LogP contribution in [0.4, 0.5) is 0 Å². The number of benzene rings is 2. The van der Waals surface area contributed by atoms with Crippen molar-refractivity contribution in [3.63, 3.8) is 0 Å². The summed E-state index contributed by atoms with van der Waals surface area (Å²) in [5.41, 5.74) is 3.42. The van der Waals surface area contributed by atoms with Gasteiger partial charge in [-0.15, -0.1) is 0 Å². The van der Waals surface area contributed by atoms with Crippen molar-refractivity contribution in [2.24, 2.45) is 0 Å². The van der Waals surface area contributed by atoms with Gasteiger partial charge in [0, 0.05) is 19.6 Å². The van der Waals surface area contributed by atoms with E-state index in [1.165, 1.54) is 5.56 Å². The number of morpholine rings is 1. The summed E-state index contributed by atoms with van der Waals surface area (Å²) >= 11 is 0. The highest BCUT2D eigenvalue weighted by Crippen LogP contribution is 2.12. The van der Waals surface area contributed by atoms with Gasteiger partial charge in [0.2, 0.25) is 0 Å². The van der Waals surface area contributed by atoms with Gasteiger partial charge in [-0.1, -0.05) is 54.6 Å². The first-order valence-electron chi connectivity index (χ1n) is 8.79. The number of hydrogen-bond donors (Lipinski definition) is 0. The third-order valence-electron chi connectivity index (χ3n) is 4.50. The summed E-state index contributed by atoms with van der Waals surface area (Å²) in [4.78, 5) is 14.4. The van der Waals surface area contributed by atoms with Crippen LogP contribution in [0.2, 0.25) is 0 Å². The third-order valence-corrected chi connectivity index (χ3v) is 4.50. The summed E-state index contributed by atoms with van der Waals surface area (Å²) in [6, 6.07) is 18.3. The molecule has 0 spiro atoms. The summed E-state index contributed by atoms with van der Waals surface area (Å²) in [5, 5.41) is 0. The SMILES string of the molecule is Cc1ccccc1CC(=O)OCC1CN(Cc2ccccc2)CCO1. The molecule has 0 amide bonds. The van der Waals surface area contributed by atoms with Crippen LogP contribution in [0, 0.1) is 6.92 Å². The molecular formula is C21H25NO3. The average molecular weight is 339 g/mol. The molecule has 1 heterocycles.